The zero-order valence-electron chi connectivity index (χ0n) is 12.7. The molecule has 0 saturated carbocycles. The fraction of sp³-hybridized carbons (Fsp3) is 0.389. The van der Waals surface area contributed by atoms with Gasteiger partial charge in [0.15, 0.2) is 0 Å². The zero-order chi connectivity index (χ0) is 14.7. The molecule has 0 aliphatic heterocycles. The first kappa shape index (κ1) is 14.1. The molecule has 1 aromatic heterocycles. The van der Waals surface area contributed by atoms with E-state index in [-0.39, 0.29) is 6.04 Å². The van der Waals surface area contributed by atoms with E-state index in [1.54, 1.807) is 6.20 Å². The van der Waals surface area contributed by atoms with Crippen LogP contribution in [0.3, 0.4) is 0 Å². The van der Waals surface area contributed by atoms with Gasteiger partial charge in [0, 0.05) is 18.2 Å². The minimum atomic E-state index is 0.289. The third-order valence-electron chi connectivity index (χ3n) is 4.17. The first-order valence-corrected chi connectivity index (χ1v) is 7.66. The molecule has 110 valence electrons. The molecule has 0 amide bonds. The number of likely N-dealkylation sites (N-methyl/N-ethyl adjacent to an activating group) is 1. The van der Waals surface area contributed by atoms with Gasteiger partial charge in [-0.2, -0.15) is 0 Å². The van der Waals surface area contributed by atoms with E-state index in [9.17, 15) is 0 Å². The van der Waals surface area contributed by atoms with Crippen molar-refractivity contribution in [3.63, 3.8) is 0 Å². The maximum absolute atomic E-state index is 5.70. The molecule has 1 aliphatic rings. The van der Waals surface area contributed by atoms with Gasteiger partial charge in [-0.3, -0.25) is 4.98 Å². The van der Waals surface area contributed by atoms with Crippen LogP contribution in [0.1, 0.15) is 42.0 Å². The van der Waals surface area contributed by atoms with Crippen LogP contribution in [0.5, 0.6) is 5.75 Å². The molecule has 0 radical (unpaired) electrons. The van der Waals surface area contributed by atoms with Crippen LogP contribution in [0.25, 0.3) is 0 Å². The number of benzene rings is 1. The zero-order valence-corrected chi connectivity index (χ0v) is 12.7. The van der Waals surface area contributed by atoms with Crippen molar-refractivity contribution < 1.29 is 4.74 Å². The SMILES string of the molecule is CCCOc1cncc(C(NC)C2Cc3ccccc32)c1. The Morgan fingerprint density at radius 2 is 2.19 bits per heavy atom. The molecule has 1 N–H and O–H groups in total. The highest BCUT2D eigenvalue weighted by molar-refractivity contribution is 5.43. The molecule has 3 heteroatoms. The maximum Gasteiger partial charge on any atom is 0.137 e. The van der Waals surface area contributed by atoms with Crippen molar-refractivity contribution in [1.82, 2.24) is 10.3 Å². The number of hydrogen-bond donors (Lipinski definition) is 1. The van der Waals surface area contributed by atoms with Crippen molar-refractivity contribution in [3.8, 4) is 5.75 Å². The summed E-state index contributed by atoms with van der Waals surface area (Å²) in [5.41, 5.74) is 4.12. The van der Waals surface area contributed by atoms with E-state index in [4.69, 9.17) is 4.74 Å². The molecule has 0 fully saturated rings. The van der Waals surface area contributed by atoms with Gasteiger partial charge in [0.05, 0.1) is 12.8 Å². The molecule has 0 saturated heterocycles. The number of ether oxygens (including phenoxy) is 1. The monoisotopic (exact) mass is 282 g/mol. The van der Waals surface area contributed by atoms with E-state index in [1.807, 2.05) is 13.2 Å². The Morgan fingerprint density at radius 1 is 1.33 bits per heavy atom. The smallest absolute Gasteiger partial charge is 0.137 e. The average Bonchev–Trinajstić information content (AvgIpc) is 2.51. The van der Waals surface area contributed by atoms with Crippen LogP contribution in [0, 0.1) is 0 Å². The number of hydrogen-bond acceptors (Lipinski definition) is 3. The first-order valence-electron chi connectivity index (χ1n) is 7.66. The van der Waals surface area contributed by atoms with Gasteiger partial charge in [-0.1, -0.05) is 31.2 Å². The quantitative estimate of drug-likeness (QED) is 0.881. The van der Waals surface area contributed by atoms with Crippen molar-refractivity contribution >= 4 is 0 Å². The Kier molecular flexibility index (Phi) is 4.20. The largest absolute Gasteiger partial charge is 0.492 e. The van der Waals surface area contributed by atoms with Gasteiger partial charge < -0.3 is 10.1 Å². The fourth-order valence-corrected chi connectivity index (χ4v) is 3.10. The molecule has 2 aromatic rings. The molecule has 1 aromatic carbocycles. The summed E-state index contributed by atoms with van der Waals surface area (Å²) in [7, 11) is 2.02. The molecule has 1 heterocycles. The van der Waals surface area contributed by atoms with Crippen molar-refractivity contribution in [1.29, 1.82) is 0 Å². The first-order chi connectivity index (χ1) is 10.3. The molecule has 2 unspecified atom stereocenters. The van der Waals surface area contributed by atoms with Gasteiger partial charge in [-0.15, -0.1) is 0 Å². The molecule has 3 rings (SSSR count). The van der Waals surface area contributed by atoms with Gasteiger partial charge in [-0.05, 0) is 42.6 Å². The lowest BCUT2D eigenvalue weighted by Gasteiger charge is -2.36. The predicted octanol–water partition coefficient (Wildman–Crippen LogP) is 3.47. The van der Waals surface area contributed by atoms with Crippen LogP contribution < -0.4 is 10.1 Å². The molecule has 0 spiro atoms. The van der Waals surface area contributed by atoms with Crippen molar-refractivity contribution in [2.75, 3.05) is 13.7 Å². The van der Waals surface area contributed by atoms with Gasteiger partial charge in [0.25, 0.3) is 0 Å². The second kappa shape index (κ2) is 6.27. The lowest BCUT2D eigenvalue weighted by atomic mass is 9.72. The van der Waals surface area contributed by atoms with E-state index in [2.05, 4.69) is 47.6 Å². The number of pyridine rings is 1. The number of nitrogens with one attached hydrogen (secondary N) is 1. The Morgan fingerprint density at radius 3 is 2.95 bits per heavy atom. The Labute approximate surface area is 126 Å². The minimum Gasteiger partial charge on any atom is -0.492 e. The molecule has 0 bridgehead atoms. The van der Waals surface area contributed by atoms with Gasteiger partial charge in [0.2, 0.25) is 0 Å². The van der Waals surface area contributed by atoms with Crippen LogP contribution in [0.15, 0.2) is 42.7 Å². The number of rotatable bonds is 6. The fourth-order valence-electron chi connectivity index (χ4n) is 3.10. The second-order valence-corrected chi connectivity index (χ2v) is 5.58. The van der Waals surface area contributed by atoms with E-state index < -0.39 is 0 Å². The van der Waals surface area contributed by atoms with E-state index in [0.29, 0.717) is 5.92 Å². The van der Waals surface area contributed by atoms with Crippen LogP contribution >= 0.6 is 0 Å². The molecule has 3 nitrogen and oxygen atoms in total. The lowest BCUT2D eigenvalue weighted by Crippen LogP contribution is -2.31. The average molecular weight is 282 g/mol. The van der Waals surface area contributed by atoms with E-state index in [0.717, 1.165) is 25.2 Å². The van der Waals surface area contributed by atoms with Crippen LogP contribution in [0.2, 0.25) is 0 Å². The van der Waals surface area contributed by atoms with Crippen LogP contribution in [0.4, 0.5) is 0 Å². The normalized spacial score (nSPS) is 17.7. The predicted molar refractivity (Wildman–Crippen MR) is 84.7 cm³/mol. The van der Waals surface area contributed by atoms with E-state index in [1.165, 1.54) is 16.7 Å². The Bertz CT molecular complexity index is 612. The Hall–Kier alpha value is -1.87. The molecule has 2 atom stereocenters. The third kappa shape index (κ3) is 2.79. The summed E-state index contributed by atoms with van der Waals surface area (Å²) in [5.74, 6) is 1.39. The minimum absolute atomic E-state index is 0.289. The second-order valence-electron chi connectivity index (χ2n) is 5.58. The third-order valence-corrected chi connectivity index (χ3v) is 4.17. The number of aromatic nitrogens is 1. The summed E-state index contributed by atoms with van der Waals surface area (Å²) in [6.45, 7) is 2.85. The van der Waals surface area contributed by atoms with Gasteiger partial charge >= 0.3 is 0 Å². The van der Waals surface area contributed by atoms with E-state index >= 15 is 0 Å². The molecule has 1 aliphatic carbocycles. The maximum atomic E-state index is 5.70. The topological polar surface area (TPSA) is 34.1 Å². The van der Waals surface area contributed by atoms with Crippen molar-refractivity contribution in [2.24, 2.45) is 0 Å². The summed E-state index contributed by atoms with van der Waals surface area (Å²) in [4.78, 5) is 4.34. The summed E-state index contributed by atoms with van der Waals surface area (Å²) in [5, 5.41) is 3.45. The summed E-state index contributed by atoms with van der Waals surface area (Å²) in [6, 6.07) is 11.1. The molecule has 21 heavy (non-hydrogen) atoms. The highest BCUT2D eigenvalue weighted by Gasteiger charge is 2.33. The Balaban J connectivity index is 1.81. The molecular weight excluding hydrogens is 260 g/mol. The van der Waals surface area contributed by atoms with Gasteiger partial charge in [0.1, 0.15) is 5.75 Å². The summed E-state index contributed by atoms with van der Waals surface area (Å²) in [6.07, 6.45) is 5.87. The van der Waals surface area contributed by atoms with Crippen molar-refractivity contribution in [2.45, 2.75) is 31.7 Å². The van der Waals surface area contributed by atoms with Crippen molar-refractivity contribution in [3.05, 3.63) is 59.4 Å². The van der Waals surface area contributed by atoms with Crippen LogP contribution in [-0.2, 0) is 6.42 Å². The molecular formula is C18H22N2O. The standard InChI is InChI=1S/C18H22N2O/c1-3-8-21-15-9-14(11-20-12-15)18(19-2)17-10-13-6-4-5-7-16(13)17/h4-7,9,11-12,17-19H,3,8,10H2,1-2H3. The summed E-state index contributed by atoms with van der Waals surface area (Å²) >= 11 is 0. The highest BCUT2D eigenvalue weighted by atomic mass is 16.5. The summed E-state index contributed by atoms with van der Waals surface area (Å²) < 4.78 is 5.70. The number of fused-ring (bicyclic) bond motifs is 1. The lowest BCUT2D eigenvalue weighted by molar-refractivity contribution is 0.315. The number of nitrogens with zero attached hydrogens (tertiary/aromatic N) is 1. The van der Waals surface area contributed by atoms with Gasteiger partial charge in [-0.25, -0.2) is 0 Å². The van der Waals surface area contributed by atoms with Crippen LogP contribution in [-0.4, -0.2) is 18.6 Å². The highest BCUT2D eigenvalue weighted by Crippen LogP contribution is 2.43.